The van der Waals surface area contributed by atoms with E-state index >= 15 is 0 Å². The molecule has 0 saturated heterocycles. The number of halogens is 1. The number of hydrogen-bond donors (Lipinski definition) is 3. The number of hydrogen-bond acceptors (Lipinski definition) is 5. The smallest absolute Gasteiger partial charge is 0.323 e. The van der Waals surface area contributed by atoms with Crippen molar-refractivity contribution in [1.82, 2.24) is 10.5 Å². The fraction of sp³-hybridized carbons (Fsp3) is 0.316. The predicted octanol–water partition coefficient (Wildman–Crippen LogP) is 3.40. The van der Waals surface area contributed by atoms with Crippen LogP contribution in [0.1, 0.15) is 26.0 Å². The van der Waals surface area contributed by atoms with Crippen LogP contribution < -0.4 is 20.9 Å². The predicted molar refractivity (Wildman–Crippen MR) is 102 cm³/mol. The Kier molecular flexibility index (Phi) is 7.70. The van der Waals surface area contributed by atoms with Gasteiger partial charge in [0.1, 0.15) is 11.6 Å². The molecule has 0 bridgehead atoms. The van der Waals surface area contributed by atoms with Crippen molar-refractivity contribution in [3.63, 3.8) is 0 Å². The average molecular weight is 390 g/mol. The molecule has 0 unspecified atom stereocenters. The number of carbonyl (C=O) groups is 2. The van der Waals surface area contributed by atoms with Gasteiger partial charge in [0.15, 0.2) is 0 Å². The molecule has 1 atom stereocenters. The van der Waals surface area contributed by atoms with Crippen molar-refractivity contribution in [2.75, 3.05) is 17.2 Å². The zero-order valence-electron chi connectivity index (χ0n) is 15.9. The number of ether oxygens (including phenoxy) is 1. The van der Waals surface area contributed by atoms with Crippen molar-refractivity contribution in [2.45, 2.75) is 33.3 Å². The van der Waals surface area contributed by atoms with E-state index in [1.54, 1.807) is 19.1 Å². The number of pyridine rings is 1. The zero-order valence-corrected chi connectivity index (χ0v) is 15.9. The average Bonchev–Trinajstić information content (AvgIpc) is 2.60. The third-order valence-electron chi connectivity index (χ3n) is 3.48. The van der Waals surface area contributed by atoms with Gasteiger partial charge in [-0.1, -0.05) is 0 Å². The van der Waals surface area contributed by atoms with Crippen LogP contribution in [0.5, 0.6) is 5.75 Å². The number of benzene rings is 1. The number of hydroxylamine groups is 1. The molecule has 2 rings (SSSR count). The maximum Gasteiger partial charge on any atom is 0.323 e. The van der Waals surface area contributed by atoms with Gasteiger partial charge in [-0.3, -0.25) is 14.6 Å². The number of nitrogens with one attached hydrogen (secondary N) is 3. The first-order valence-corrected chi connectivity index (χ1v) is 8.68. The van der Waals surface area contributed by atoms with Crippen LogP contribution in [0, 0.1) is 12.7 Å². The molecule has 1 heterocycles. The number of rotatable bonds is 8. The Morgan fingerprint density at radius 1 is 1.18 bits per heavy atom. The van der Waals surface area contributed by atoms with Crippen molar-refractivity contribution in [1.29, 1.82) is 0 Å². The minimum Gasteiger partial charge on any atom is -0.490 e. The van der Waals surface area contributed by atoms with E-state index in [4.69, 9.17) is 9.57 Å². The first-order valence-electron chi connectivity index (χ1n) is 8.68. The molecule has 28 heavy (non-hydrogen) atoms. The van der Waals surface area contributed by atoms with E-state index in [0.717, 1.165) is 5.69 Å². The number of nitrogens with zero attached hydrogens (tertiary/aromatic N) is 1. The van der Waals surface area contributed by atoms with Crippen molar-refractivity contribution < 1.29 is 23.6 Å². The van der Waals surface area contributed by atoms with Crippen LogP contribution in [0.25, 0.3) is 0 Å². The molecule has 0 spiro atoms. The lowest BCUT2D eigenvalue weighted by atomic mass is 10.2. The summed E-state index contributed by atoms with van der Waals surface area (Å²) >= 11 is 0. The van der Waals surface area contributed by atoms with Crippen molar-refractivity contribution in [3.05, 3.63) is 48.0 Å². The van der Waals surface area contributed by atoms with Crippen LogP contribution in [-0.2, 0) is 9.63 Å². The lowest BCUT2D eigenvalue weighted by Gasteiger charge is -2.16. The molecule has 0 radical (unpaired) electrons. The van der Waals surface area contributed by atoms with Crippen LogP contribution in [0.2, 0.25) is 0 Å². The van der Waals surface area contributed by atoms with Crippen LogP contribution in [0.3, 0.4) is 0 Å². The molecule has 0 fully saturated rings. The third-order valence-corrected chi connectivity index (χ3v) is 3.48. The maximum atomic E-state index is 13.9. The SMILES string of the molecule is CC(=O)NOCC[C@H](C)Oc1cc(F)cc(NC(=O)Nc2ccc(C)nc2)c1. The molecule has 0 aliphatic carbocycles. The van der Waals surface area contributed by atoms with E-state index in [1.807, 2.05) is 6.92 Å². The van der Waals surface area contributed by atoms with E-state index in [0.29, 0.717) is 12.1 Å². The summed E-state index contributed by atoms with van der Waals surface area (Å²) in [5.41, 5.74) is 3.80. The van der Waals surface area contributed by atoms with Gasteiger partial charge in [0.25, 0.3) is 0 Å². The number of urea groups is 1. The zero-order chi connectivity index (χ0) is 20.5. The second-order valence-corrected chi connectivity index (χ2v) is 6.17. The monoisotopic (exact) mass is 390 g/mol. The molecule has 0 aliphatic rings. The van der Waals surface area contributed by atoms with Gasteiger partial charge in [-0.15, -0.1) is 0 Å². The minimum absolute atomic E-state index is 0.244. The highest BCUT2D eigenvalue weighted by molar-refractivity contribution is 5.99. The summed E-state index contributed by atoms with van der Waals surface area (Å²) in [5.74, 6) is -0.583. The highest BCUT2D eigenvalue weighted by Gasteiger charge is 2.10. The van der Waals surface area contributed by atoms with Gasteiger partial charge in [0, 0.05) is 36.9 Å². The first kappa shape index (κ1) is 21.1. The van der Waals surface area contributed by atoms with Crippen LogP contribution >= 0.6 is 0 Å². The molecule has 3 N–H and O–H groups in total. The topological polar surface area (TPSA) is 102 Å². The second kappa shape index (κ2) is 10.2. The van der Waals surface area contributed by atoms with Crippen LogP contribution in [-0.4, -0.2) is 29.6 Å². The van der Waals surface area contributed by atoms with Gasteiger partial charge in [-0.2, -0.15) is 0 Å². The maximum absolute atomic E-state index is 13.9. The Hall–Kier alpha value is -3.20. The van der Waals surface area contributed by atoms with E-state index in [9.17, 15) is 14.0 Å². The molecule has 3 amide bonds. The van der Waals surface area contributed by atoms with Gasteiger partial charge in [0.05, 0.1) is 24.6 Å². The summed E-state index contributed by atoms with van der Waals surface area (Å²) in [6.45, 7) is 5.21. The lowest BCUT2D eigenvalue weighted by molar-refractivity contribution is -0.131. The minimum atomic E-state index is -0.550. The summed E-state index contributed by atoms with van der Waals surface area (Å²) in [5, 5.41) is 5.17. The fourth-order valence-electron chi connectivity index (χ4n) is 2.21. The van der Waals surface area contributed by atoms with Crippen molar-refractivity contribution in [3.8, 4) is 5.75 Å². The summed E-state index contributed by atoms with van der Waals surface area (Å²) < 4.78 is 19.5. The third kappa shape index (κ3) is 7.58. The second-order valence-electron chi connectivity index (χ2n) is 6.17. The Morgan fingerprint density at radius 2 is 1.93 bits per heavy atom. The number of anilines is 2. The number of aromatic nitrogens is 1. The van der Waals surface area contributed by atoms with Crippen molar-refractivity contribution in [2.24, 2.45) is 0 Å². The van der Waals surface area contributed by atoms with Crippen LogP contribution in [0.15, 0.2) is 36.5 Å². The molecule has 0 aliphatic heterocycles. The normalized spacial score (nSPS) is 11.4. The Morgan fingerprint density at radius 3 is 2.61 bits per heavy atom. The van der Waals surface area contributed by atoms with Crippen molar-refractivity contribution >= 4 is 23.3 Å². The van der Waals surface area contributed by atoms with Crippen LogP contribution in [0.4, 0.5) is 20.6 Å². The summed E-state index contributed by atoms with van der Waals surface area (Å²) in [7, 11) is 0. The molecule has 1 aromatic heterocycles. The van der Waals surface area contributed by atoms with Gasteiger partial charge in [0.2, 0.25) is 5.91 Å². The molecule has 150 valence electrons. The van der Waals surface area contributed by atoms with E-state index in [1.165, 1.54) is 31.3 Å². The number of amides is 3. The number of aryl methyl sites for hydroxylation is 1. The highest BCUT2D eigenvalue weighted by Crippen LogP contribution is 2.22. The molecular weight excluding hydrogens is 367 g/mol. The van der Waals surface area contributed by atoms with Gasteiger partial charge in [-0.25, -0.2) is 14.7 Å². The number of carbonyl (C=O) groups excluding carboxylic acids is 2. The lowest BCUT2D eigenvalue weighted by Crippen LogP contribution is -2.23. The quantitative estimate of drug-likeness (QED) is 0.474. The van der Waals surface area contributed by atoms with E-state index < -0.39 is 11.8 Å². The molecule has 0 saturated carbocycles. The molecular formula is C19H23FN4O4. The highest BCUT2D eigenvalue weighted by atomic mass is 19.1. The molecule has 9 heteroatoms. The summed E-state index contributed by atoms with van der Waals surface area (Å²) in [6.07, 6.45) is 1.70. The molecule has 2 aromatic rings. The Bertz CT molecular complexity index is 814. The summed E-state index contributed by atoms with van der Waals surface area (Å²) in [6, 6.07) is 6.87. The molecule has 8 nitrogen and oxygen atoms in total. The Labute approximate surface area is 162 Å². The van der Waals surface area contributed by atoms with Gasteiger partial charge < -0.3 is 15.4 Å². The molecule has 1 aromatic carbocycles. The van der Waals surface area contributed by atoms with Gasteiger partial charge in [-0.05, 0) is 32.0 Å². The summed E-state index contributed by atoms with van der Waals surface area (Å²) in [4.78, 5) is 31.8. The standard InChI is InChI=1S/C19H23FN4O4/c1-12-4-5-16(11-21-12)22-19(26)23-17-8-15(20)9-18(10-17)28-13(2)6-7-27-24-14(3)25/h4-5,8-11,13H,6-7H2,1-3H3,(H,24,25)(H2,22,23,26)/t13-/m0/s1. The fourth-order valence-corrected chi connectivity index (χ4v) is 2.21. The van der Waals surface area contributed by atoms with E-state index in [2.05, 4.69) is 21.1 Å². The van der Waals surface area contributed by atoms with Gasteiger partial charge >= 0.3 is 6.03 Å². The largest absolute Gasteiger partial charge is 0.490 e. The van der Waals surface area contributed by atoms with E-state index in [-0.39, 0.29) is 30.1 Å². The first-order chi connectivity index (χ1) is 13.3. The Balaban J connectivity index is 1.89.